The third-order valence-corrected chi connectivity index (χ3v) is 1.90. The van der Waals surface area contributed by atoms with Crippen LogP contribution in [0.3, 0.4) is 0 Å². The molecule has 0 saturated heterocycles. The lowest BCUT2D eigenvalue weighted by Gasteiger charge is -2.18. The lowest BCUT2D eigenvalue weighted by atomic mass is 10.1. The smallest absolute Gasteiger partial charge is 0.0942 e. The summed E-state index contributed by atoms with van der Waals surface area (Å²) in [5, 5.41) is 13.6. The molecule has 0 radical (unpaired) electrons. The summed E-state index contributed by atoms with van der Waals surface area (Å²) in [5.74, 6) is 0. The van der Waals surface area contributed by atoms with E-state index in [1.54, 1.807) is 6.20 Å². The van der Waals surface area contributed by atoms with E-state index in [1.165, 1.54) is 0 Å². The first-order valence-corrected chi connectivity index (χ1v) is 4.38. The molecule has 0 aliphatic carbocycles. The molecule has 1 rings (SSSR count). The molecule has 0 aromatic carbocycles. The average molecular weight is 183 g/mol. The van der Waals surface area contributed by atoms with E-state index in [2.05, 4.69) is 25.9 Å². The van der Waals surface area contributed by atoms with Crippen LogP contribution in [0, 0.1) is 0 Å². The van der Waals surface area contributed by atoms with Gasteiger partial charge in [0.2, 0.25) is 0 Å². The van der Waals surface area contributed by atoms with Gasteiger partial charge in [-0.15, -0.1) is 0 Å². The SMILES string of the molecule is CC(C)(C)n1cc([C@H](O)CN)cn1. The van der Waals surface area contributed by atoms with Crippen LogP contribution in [0.5, 0.6) is 0 Å². The minimum absolute atomic E-state index is 0.0490. The molecule has 0 saturated carbocycles. The number of rotatable bonds is 2. The molecule has 1 atom stereocenters. The fraction of sp³-hybridized carbons (Fsp3) is 0.667. The van der Waals surface area contributed by atoms with Crippen molar-refractivity contribution in [2.24, 2.45) is 5.73 Å². The largest absolute Gasteiger partial charge is 0.387 e. The Bertz CT molecular complexity index is 275. The Labute approximate surface area is 78.4 Å². The number of hydrogen-bond acceptors (Lipinski definition) is 3. The lowest BCUT2D eigenvalue weighted by Crippen LogP contribution is -2.22. The molecule has 0 fully saturated rings. The molecule has 0 bridgehead atoms. The standard InChI is InChI=1S/C9H17N3O/c1-9(2,3)12-6-7(5-11-12)8(13)4-10/h5-6,8,13H,4,10H2,1-3H3/t8-/m1/s1. The van der Waals surface area contributed by atoms with Crippen LogP contribution < -0.4 is 5.73 Å². The number of nitrogens with two attached hydrogens (primary N) is 1. The third-order valence-electron chi connectivity index (χ3n) is 1.90. The van der Waals surface area contributed by atoms with E-state index in [4.69, 9.17) is 5.73 Å². The first-order valence-electron chi connectivity index (χ1n) is 4.38. The van der Waals surface area contributed by atoms with Crippen LogP contribution >= 0.6 is 0 Å². The van der Waals surface area contributed by atoms with Crippen LogP contribution in [0.2, 0.25) is 0 Å². The van der Waals surface area contributed by atoms with Crippen molar-refractivity contribution >= 4 is 0 Å². The Balaban J connectivity index is 2.87. The quantitative estimate of drug-likeness (QED) is 0.707. The van der Waals surface area contributed by atoms with Gasteiger partial charge >= 0.3 is 0 Å². The van der Waals surface area contributed by atoms with E-state index in [9.17, 15) is 5.11 Å². The van der Waals surface area contributed by atoms with Gasteiger partial charge in [-0.1, -0.05) is 0 Å². The Morgan fingerprint density at radius 1 is 1.62 bits per heavy atom. The molecule has 0 spiro atoms. The van der Waals surface area contributed by atoms with E-state index in [-0.39, 0.29) is 12.1 Å². The van der Waals surface area contributed by atoms with E-state index < -0.39 is 6.10 Å². The van der Waals surface area contributed by atoms with Gasteiger partial charge in [0.25, 0.3) is 0 Å². The zero-order valence-corrected chi connectivity index (χ0v) is 8.36. The molecule has 1 aromatic heterocycles. The van der Waals surface area contributed by atoms with Gasteiger partial charge in [-0.3, -0.25) is 4.68 Å². The summed E-state index contributed by atoms with van der Waals surface area (Å²) in [5.41, 5.74) is 6.06. The summed E-state index contributed by atoms with van der Waals surface area (Å²) in [7, 11) is 0. The molecule has 1 heterocycles. The van der Waals surface area contributed by atoms with Crippen molar-refractivity contribution in [2.75, 3.05) is 6.54 Å². The molecule has 4 nitrogen and oxygen atoms in total. The second-order valence-electron chi connectivity index (χ2n) is 4.14. The molecule has 3 N–H and O–H groups in total. The summed E-state index contributed by atoms with van der Waals surface area (Å²) in [4.78, 5) is 0. The van der Waals surface area contributed by atoms with Crippen molar-refractivity contribution in [3.05, 3.63) is 18.0 Å². The number of aromatic nitrogens is 2. The molecule has 4 heteroatoms. The molecular formula is C9H17N3O. The Morgan fingerprint density at radius 2 is 2.23 bits per heavy atom. The first kappa shape index (κ1) is 10.2. The minimum atomic E-state index is -0.601. The maximum absolute atomic E-state index is 9.43. The number of aliphatic hydroxyl groups excluding tert-OH is 1. The highest BCUT2D eigenvalue weighted by Crippen LogP contribution is 2.16. The summed E-state index contributed by atoms with van der Waals surface area (Å²) >= 11 is 0. The van der Waals surface area contributed by atoms with E-state index in [0.717, 1.165) is 5.56 Å². The highest BCUT2D eigenvalue weighted by Gasteiger charge is 2.16. The highest BCUT2D eigenvalue weighted by atomic mass is 16.3. The van der Waals surface area contributed by atoms with Crippen LogP contribution in [0.15, 0.2) is 12.4 Å². The Kier molecular flexibility index (Phi) is 2.73. The van der Waals surface area contributed by atoms with E-state index in [1.807, 2.05) is 10.9 Å². The number of aliphatic hydroxyl groups is 1. The van der Waals surface area contributed by atoms with Crippen LogP contribution in [0.1, 0.15) is 32.4 Å². The average Bonchev–Trinajstić information content (AvgIpc) is 2.50. The van der Waals surface area contributed by atoms with Crippen molar-refractivity contribution in [3.8, 4) is 0 Å². The fourth-order valence-corrected chi connectivity index (χ4v) is 1.01. The molecule has 0 unspecified atom stereocenters. The molecule has 1 aromatic rings. The normalized spacial score (nSPS) is 14.5. The molecule has 13 heavy (non-hydrogen) atoms. The fourth-order valence-electron chi connectivity index (χ4n) is 1.01. The molecule has 0 amide bonds. The number of hydrogen-bond donors (Lipinski definition) is 2. The molecule has 0 aliphatic heterocycles. The molecular weight excluding hydrogens is 166 g/mol. The van der Waals surface area contributed by atoms with Crippen LogP contribution in [0.4, 0.5) is 0 Å². The molecule has 74 valence electrons. The first-order chi connectivity index (χ1) is 5.95. The predicted molar refractivity (Wildman–Crippen MR) is 51.2 cm³/mol. The summed E-state index contributed by atoms with van der Waals surface area (Å²) < 4.78 is 1.82. The van der Waals surface area contributed by atoms with Crippen molar-refractivity contribution < 1.29 is 5.11 Å². The maximum atomic E-state index is 9.43. The van der Waals surface area contributed by atoms with Gasteiger partial charge in [0.15, 0.2) is 0 Å². The highest BCUT2D eigenvalue weighted by molar-refractivity contribution is 5.09. The zero-order chi connectivity index (χ0) is 10.1. The lowest BCUT2D eigenvalue weighted by molar-refractivity contribution is 0.186. The van der Waals surface area contributed by atoms with Crippen LogP contribution in [0.25, 0.3) is 0 Å². The Hall–Kier alpha value is -0.870. The summed E-state index contributed by atoms with van der Waals surface area (Å²) in [6.07, 6.45) is 2.89. The van der Waals surface area contributed by atoms with Gasteiger partial charge in [-0.2, -0.15) is 5.10 Å². The van der Waals surface area contributed by atoms with Crippen molar-refractivity contribution in [1.29, 1.82) is 0 Å². The van der Waals surface area contributed by atoms with Gasteiger partial charge in [0.05, 0.1) is 17.8 Å². The third kappa shape index (κ3) is 2.29. The van der Waals surface area contributed by atoms with Crippen molar-refractivity contribution in [1.82, 2.24) is 9.78 Å². The van der Waals surface area contributed by atoms with Gasteiger partial charge in [0, 0.05) is 18.3 Å². The second-order valence-corrected chi connectivity index (χ2v) is 4.14. The van der Waals surface area contributed by atoms with E-state index in [0.29, 0.717) is 0 Å². The van der Waals surface area contributed by atoms with Crippen LogP contribution in [-0.4, -0.2) is 21.4 Å². The predicted octanol–water partition coefficient (Wildman–Crippen LogP) is 0.630. The van der Waals surface area contributed by atoms with Crippen molar-refractivity contribution in [2.45, 2.75) is 32.4 Å². The monoisotopic (exact) mass is 183 g/mol. The van der Waals surface area contributed by atoms with Gasteiger partial charge in [0.1, 0.15) is 0 Å². The number of nitrogens with zero attached hydrogens (tertiary/aromatic N) is 2. The second kappa shape index (κ2) is 3.47. The van der Waals surface area contributed by atoms with Gasteiger partial charge in [-0.25, -0.2) is 0 Å². The summed E-state index contributed by atoms with van der Waals surface area (Å²) in [6.45, 7) is 6.39. The van der Waals surface area contributed by atoms with Gasteiger partial charge in [-0.05, 0) is 20.8 Å². The van der Waals surface area contributed by atoms with E-state index >= 15 is 0 Å². The zero-order valence-electron chi connectivity index (χ0n) is 8.36. The van der Waals surface area contributed by atoms with Gasteiger partial charge < -0.3 is 10.8 Å². The topological polar surface area (TPSA) is 64.1 Å². The van der Waals surface area contributed by atoms with Crippen molar-refractivity contribution in [3.63, 3.8) is 0 Å². The molecule has 0 aliphatic rings. The summed E-state index contributed by atoms with van der Waals surface area (Å²) in [6, 6.07) is 0. The van der Waals surface area contributed by atoms with Crippen LogP contribution in [-0.2, 0) is 5.54 Å². The maximum Gasteiger partial charge on any atom is 0.0942 e. The Morgan fingerprint density at radius 3 is 2.62 bits per heavy atom. The minimum Gasteiger partial charge on any atom is -0.387 e.